The Bertz CT molecular complexity index is 639. The summed E-state index contributed by atoms with van der Waals surface area (Å²) >= 11 is 0. The van der Waals surface area contributed by atoms with Crippen molar-refractivity contribution in [1.82, 2.24) is 14.9 Å². The number of carbonyl (C=O) groups excluding carboxylic acids is 1. The molecular weight excluding hydrogens is 307 g/mol. The molecule has 2 saturated heterocycles. The molecule has 2 aliphatic heterocycles. The Hall–Kier alpha value is -1.98. The Morgan fingerprint density at radius 3 is 2.62 bits per heavy atom. The summed E-state index contributed by atoms with van der Waals surface area (Å²) in [5.74, 6) is 0.654. The minimum atomic E-state index is -0.409. The fraction of sp³-hybridized carbons (Fsp3) is 0.611. The number of carbonyl (C=O) groups is 1. The summed E-state index contributed by atoms with van der Waals surface area (Å²) in [5.41, 5.74) is 0.137. The van der Waals surface area contributed by atoms with Crippen LogP contribution >= 0.6 is 0 Å². The van der Waals surface area contributed by atoms with Gasteiger partial charge in [-0.05, 0) is 32.1 Å². The number of rotatable bonds is 2. The molecule has 24 heavy (non-hydrogen) atoms. The Labute approximate surface area is 141 Å². The second kappa shape index (κ2) is 6.15. The minimum absolute atomic E-state index is 0.137. The molecule has 3 heterocycles. The highest BCUT2D eigenvalue weighted by Gasteiger charge is 2.44. The summed E-state index contributed by atoms with van der Waals surface area (Å²) in [6.45, 7) is 3.44. The van der Waals surface area contributed by atoms with Crippen LogP contribution in [0, 0.1) is 17.2 Å². The molecule has 0 N–H and O–H groups in total. The number of piperidine rings is 1. The summed E-state index contributed by atoms with van der Waals surface area (Å²) in [6, 6.07) is 0. The molecule has 4 rings (SSSR count). The predicted octanol–water partition coefficient (Wildman–Crippen LogP) is 2.40. The summed E-state index contributed by atoms with van der Waals surface area (Å²) < 4.78 is 13.0. The van der Waals surface area contributed by atoms with Gasteiger partial charge in [-0.25, -0.2) is 14.4 Å². The Morgan fingerprint density at radius 1 is 1.12 bits per heavy atom. The van der Waals surface area contributed by atoms with E-state index < -0.39 is 5.82 Å². The van der Waals surface area contributed by atoms with E-state index in [1.54, 1.807) is 0 Å². The topological polar surface area (TPSA) is 49.3 Å². The van der Waals surface area contributed by atoms with E-state index in [1.165, 1.54) is 12.4 Å². The first-order valence-electron chi connectivity index (χ1n) is 8.82. The van der Waals surface area contributed by atoms with Crippen LogP contribution < -0.4 is 4.90 Å². The third-order valence-electron chi connectivity index (χ3n) is 5.66. The van der Waals surface area contributed by atoms with E-state index in [1.807, 2.05) is 0 Å². The fourth-order valence-corrected chi connectivity index (χ4v) is 4.38. The quantitative estimate of drug-likeness (QED) is 0.782. The number of aromatic nitrogens is 2. The lowest BCUT2D eigenvalue weighted by Crippen LogP contribution is -2.46. The molecule has 0 bridgehead atoms. The number of hydrogen-bond acceptors (Lipinski definition) is 4. The average Bonchev–Trinajstić information content (AvgIpc) is 3.26. The lowest BCUT2D eigenvalue weighted by Gasteiger charge is -2.40. The maximum absolute atomic E-state index is 13.0. The fourth-order valence-electron chi connectivity index (χ4n) is 4.38. The molecule has 0 aromatic carbocycles. The van der Waals surface area contributed by atoms with Gasteiger partial charge in [0.05, 0.1) is 12.4 Å². The third-order valence-corrected chi connectivity index (χ3v) is 5.66. The Kier molecular flexibility index (Phi) is 3.98. The summed E-state index contributed by atoms with van der Waals surface area (Å²) in [4.78, 5) is 25.1. The van der Waals surface area contributed by atoms with Gasteiger partial charge in [-0.3, -0.25) is 4.79 Å². The third kappa shape index (κ3) is 2.89. The van der Waals surface area contributed by atoms with E-state index in [0.717, 1.165) is 58.3 Å². The molecule has 1 aliphatic carbocycles. The van der Waals surface area contributed by atoms with Crippen LogP contribution in [0.3, 0.4) is 0 Å². The predicted molar refractivity (Wildman–Crippen MR) is 88.9 cm³/mol. The van der Waals surface area contributed by atoms with Crippen molar-refractivity contribution in [3.05, 3.63) is 30.4 Å². The van der Waals surface area contributed by atoms with Crippen LogP contribution in [-0.4, -0.2) is 47.0 Å². The number of amides is 1. The molecule has 3 aliphatic rings. The van der Waals surface area contributed by atoms with E-state index in [2.05, 4.69) is 31.9 Å². The Morgan fingerprint density at radius 2 is 1.88 bits per heavy atom. The van der Waals surface area contributed by atoms with Crippen molar-refractivity contribution in [3.63, 3.8) is 0 Å². The molecule has 5 nitrogen and oxygen atoms in total. The maximum atomic E-state index is 13.0. The number of halogens is 1. The van der Waals surface area contributed by atoms with Crippen molar-refractivity contribution in [3.8, 4) is 0 Å². The molecule has 2 fully saturated rings. The van der Waals surface area contributed by atoms with Gasteiger partial charge in [0, 0.05) is 37.5 Å². The van der Waals surface area contributed by atoms with Gasteiger partial charge in [0.25, 0.3) is 0 Å². The first kappa shape index (κ1) is 15.5. The molecule has 1 spiro atoms. The highest BCUT2D eigenvalue weighted by molar-refractivity contribution is 5.80. The van der Waals surface area contributed by atoms with Crippen LogP contribution in [0.4, 0.5) is 10.3 Å². The van der Waals surface area contributed by atoms with E-state index in [4.69, 9.17) is 0 Å². The molecule has 0 unspecified atom stereocenters. The zero-order valence-electron chi connectivity index (χ0n) is 13.8. The van der Waals surface area contributed by atoms with Crippen LogP contribution in [0.5, 0.6) is 0 Å². The molecule has 128 valence electrons. The van der Waals surface area contributed by atoms with E-state index in [0.29, 0.717) is 11.9 Å². The van der Waals surface area contributed by atoms with E-state index in [-0.39, 0.29) is 11.3 Å². The molecule has 0 saturated carbocycles. The molecule has 0 radical (unpaired) electrons. The summed E-state index contributed by atoms with van der Waals surface area (Å²) in [5, 5.41) is 0. The van der Waals surface area contributed by atoms with Gasteiger partial charge < -0.3 is 9.80 Å². The van der Waals surface area contributed by atoms with Crippen LogP contribution in [-0.2, 0) is 4.79 Å². The lowest BCUT2D eigenvalue weighted by molar-refractivity contribution is -0.134. The molecule has 1 aromatic heterocycles. The Balaban J connectivity index is 1.43. The van der Waals surface area contributed by atoms with Gasteiger partial charge >= 0.3 is 0 Å². The van der Waals surface area contributed by atoms with Gasteiger partial charge in [0.2, 0.25) is 11.9 Å². The number of anilines is 1. The largest absolute Gasteiger partial charge is 0.342 e. The maximum Gasteiger partial charge on any atom is 0.226 e. The summed E-state index contributed by atoms with van der Waals surface area (Å²) in [6.07, 6.45) is 11.7. The van der Waals surface area contributed by atoms with Gasteiger partial charge in [0.15, 0.2) is 5.82 Å². The molecular formula is C18H23FN4O. The highest BCUT2D eigenvalue weighted by Crippen LogP contribution is 2.40. The van der Waals surface area contributed by atoms with Crippen LogP contribution in [0.1, 0.15) is 32.1 Å². The van der Waals surface area contributed by atoms with Crippen molar-refractivity contribution in [1.29, 1.82) is 0 Å². The SMILES string of the molecule is O=C(C1CC=CC1)N1CC[C@@]2(CCCN(c3ncc(F)cn3)C2)C1. The smallest absolute Gasteiger partial charge is 0.226 e. The van der Waals surface area contributed by atoms with Gasteiger partial charge in [-0.15, -0.1) is 0 Å². The van der Waals surface area contributed by atoms with Crippen LogP contribution in [0.15, 0.2) is 24.5 Å². The molecule has 1 amide bonds. The first-order valence-corrected chi connectivity index (χ1v) is 8.82. The van der Waals surface area contributed by atoms with Gasteiger partial charge in [0.1, 0.15) is 0 Å². The molecule has 1 atom stereocenters. The standard InChI is InChI=1S/C18H23FN4O/c19-15-10-20-17(21-11-15)23-8-3-6-18(13-23)7-9-22(12-18)16(24)14-4-1-2-5-14/h1-2,10-11,14H,3-9,12-13H2/t18-/m0/s1. The van der Waals surface area contributed by atoms with E-state index in [9.17, 15) is 9.18 Å². The molecule has 6 heteroatoms. The van der Waals surface area contributed by atoms with Crippen molar-refractivity contribution >= 4 is 11.9 Å². The van der Waals surface area contributed by atoms with Crippen molar-refractivity contribution < 1.29 is 9.18 Å². The zero-order chi connectivity index (χ0) is 16.6. The second-order valence-electron chi connectivity index (χ2n) is 7.38. The monoisotopic (exact) mass is 330 g/mol. The van der Waals surface area contributed by atoms with Crippen LogP contribution in [0.2, 0.25) is 0 Å². The second-order valence-corrected chi connectivity index (χ2v) is 7.38. The van der Waals surface area contributed by atoms with Crippen molar-refractivity contribution in [2.75, 3.05) is 31.1 Å². The van der Waals surface area contributed by atoms with Gasteiger partial charge in [-0.2, -0.15) is 0 Å². The van der Waals surface area contributed by atoms with Crippen molar-refractivity contribution in [2.24, 2.45) is 11.3 Å². The number of hydrogen-bond donors (Lipinski definition) is 0. The van der Waals surface area contributed by atoms with Crippen molar-refractivity contribution in [2.45, 2.75) is 32.1 Å². The summed E-state index contributed by atoms with van der Waals surface area (Å²) in [7, 11) is 0. The van der Waals surface area contributed by atoms with Crippen LogP contribution in [0.25, 0.3) is 0 Å². The van der Waals surface area contributed by atoms with E-state index >= 15 is 0 Å². The normalized spacial score (nSPS) is 27.4. The lowest BCUT2D eigenvalue weighted by atomic mass is 9.79. The van der Waals surface area contributed by atoms with Gasteiger partial charge in [-0.1, -0.05) is 12.2 Å². The molecule has 1 aromatic rings. The number of likely N-dealkylation sites (tertiary alicyclic amines) is 1. The zero-order valence-corrected chi connectivity index (χ0v) is 13.8. The minimum Gasteiger partial charge on any atom is -0.342 e. The number of nitrogens with zero attached hydrogens (tertiary/aromatic N) is 4. The highest BCUT2D eigenvalue weighted by atomic mass is 19.1. The first-order chi connectivity index (χ1) is 11.7. The average molecular weight is 330 g/mol. The number of allylic oxidation sites excluding steroid dienone is 2.